The van der Waals surface area contributed by atoms with Gasteiger partial charge in [-0.25, -0.2) is 18.2 Å². The Labute approximate surface area is 126 Å². The first-order valence-corrected chi connectivity index (χ1v) is 7.78. The summed E-state index contributed by atoms with van der Waals surface area (Å²) in [6, 6.07) is 10.0. The van der Waals surface area contributed by atoms with Gasteiger partial charge in [0, 0.05) is 11.9 Å². The van der Waals surface area contributed by atoms with Gasteiger partial charge in [0.25, 0.3) is 0 Å². The summed E-state index contributed by atoms with van der Waals surface area (Å²) in [6.07, 6.45) is 6.45. The number of nitrogens with two attached hydrogens (primary N) is 1. The molecule has 112 valence electrons. The maximum absolute atomic E-state index is 11.3. The minimum absolute atomic E-state index is 0.0723. The monoisotopic (exact) mass is 316 g/mol. The fraction of sp³-hybridized carbons (Fsp3) is 0. The summed E-state index contributed by atoms with van der Waals surface area (Å²) in [4.78, 5) is 0.0723. The number of nitrogens with zero attached hydrogens (tertiary/aromatic N) is 5. The molecule has 0 aliphatic carbocycles. The molecule has 0 fully saturated rings. The lowest BCUT2D eigenvalue weighted by atomic mass is 10.3. The molecule has 2 N–H and O–H groups in total. The van der Waals surface area contributed by atoms with Crippen molar-refractivity contribution in [1.82, 2.24) is 19.4 Å². The molecule has 3 aromatic rings. The van der Waals surface area contributed by atoms with Crippen molar-refractivity contribution < 1.29 is 8.42 Å². The Kier molecular flexibility index (Phi) is 3.57. The predicted molar refractivity (Wildman–Crippen MR) is 80.2 cm³/mol. The van der Waals surface area contributed by atoms with Gasteiger partial charge in [0.05, 0.1) is 16.8 Å². The number of primary sulfonamides is 1. The third kappa shape index (κ3) is 2.95. The molecule has 0 spiro atoms. The van der Waals surface area contributed by atoms with Crippen molar-refractivity contribution in [3.8, 4) is 5.69 Å². The van der Waals surface area contributed by atoms with Crippen molar-refractivity contribution in [2.24, 2.45) is 10.2 Å². The molecule has 0 aliphatic rings. The van der Waals surface area contributed by atoms with E-state index in [0.29, 0.717) is 0 Å². The molecular formula is C13H12N6O2S. The van der Waals surface area contributed by atoms with Crippen molar-refractivity contribution in [2.45, 2.75) is 4.90 Å². The maximum atomic E-state index is 11.3. The Bertz CT molecular complexity index is 894. The molecular weight excluding hydrogens is 304 g/mol. The molecule has 9 heteroatoms. The predicted octanol–water partition coefficient (Wildman–Crippen LogP) is 0.598. The maximum Gasteiger partial charge on any atom is 0.238 e. The summed E-state index contributed by atoms with van der Waals surface area (Å²) >= 11 is 0. The lowest BCUT2D eigenvalue weighted by molar-refractivity contribution is 0.598. The SMILES string of the molecule is NS(=O)(=O)c1ccc(-n2cccc2/C=N\n2cnnc2)cc1. The van der Waals surface area contributed by atoms with Crippen LogP contribution >= 0.6 is 0 Å². The molecule has 8 nitrogen and oxygen atoms in total. The lowest BCUT2D eigenvalue weighted by Crippen LogP contribution is -2.12. The summed E-state index contributed by atoms with van der Waals surface area (Å²) in [6.45, 7) is 0. The van der Waals surface area contributed by atoms with Crippen LogP contribution in [-0.4, -0.2) is 34.1 Å². The van der Waals surface area contributed by atoms with E-state index in [2.05, 4.69) is 15.3 Å². The van der Waals surface area contributed by atoms with E-state index in [1.165, 1.54) is 29.5 Å². The van der Waals surface area contributed by atoms with Gasteiger partial charge < -0.3 is 4.57 Å². The minimum Gasteiger partial charge on any atom is -0.316 e. The van der Waals surface area contributed by atoms with Crippen LogP contribution < -0.4 is 5.14 Å². The van der Waals surface area contributed by atoms with Gasteiger partial charge in [0.2, 0.25) is 10.0 Å². The molecule has 0 saturated heterocycles. The number of hydrogen-bond donors (Lipinski definition) is 1. The molecule has 0 saturated carbocycles. The van der Waals surface area contributed by atoms with E-state index in [0.717, 1.165) is 11.4 Å². The van der Waals surface area contributed by atoms with Crippen LogP contribution in [0.1, 0.15) is 5.69 Å². The highest BCUT2D eigenvalue weighted by Crippen LogP contribution is 2.15. The van der Waals surface area contributed by atoms with E-state index in [9.17, 15) is 8.42 Å². The molecule has 0 radical (unpaired) electrons. The van der Waals surface area contributed by atoms with E-state index in [1.807, 2.05) is 22.9 Å². The van der Waals surface area contributed by atoms with Crippen LogP contribution in [0.5, 0.6) is 0 Å². The van der Waals surface area contributed by atoms with Gasteiger partial charge in [0.15, 0.2) is 0 Å². The second-order valence-corrected chi connectivity index (χ2v) is 5.99. The average molecular weight is 316 g/mol. The molecule has 3 rings (SSSR count). The molecule has 0 amide bonds. The molecule has 2 aromatic heterocycles. The van der Waals surface area contributed by atoms with Gasteiger partial charge in [-0.05, 0) is 36.4 Å². The molecule has 2 heterocycles. The highest BCUT2D eigenvalue weighted by Gasteiger charge is 2.08. The standard InChI is InChI=1S/C13H12N6O2S/c14-22(20,21)13-5-3-11(4-6-13)19-7-1-2-12(19)8-17-18-9-15-16-10-18/h1-10H,(H2,14,20,21)/b17-8-. The molecule has 0 aliphatic heterocycles. The number of rotatable bonds is 4. The quantitative estimate of drug-likeness (QED) is 0.711. The summed E-state index contributed by atoms with van der Waals surface area (Å²) in [5, 5.41) is 16.6. The number of aromatic nitrogens is 4. The molecule has 0 atom stereocenters. The van der Waals surface area contributed by atoms with E-state index in [1.54, 1.807) is 18.3 Å². The van der Waals surface area contributed by atoms with Crippen molar-refractivity contribution in [1.29, 1.82) is 0 Å². The van der Waals surface area contributed by atoms with Crippen molar-refractivity contribution in [3.05, 3.63) is 60.9 Å². The molecule has 0 unspecified atom stereocenters. The Morgan fingerprint density at radius 2 is 1.77 bits per heavy atom. The Morgan fingerprint density at radius 1 is 1.09 bits per heavy atom. The van der Waals surface area contributed by atoms with Crippen LogP contribution in [-0.2, 0) is 10.0 Å². The zero-order valence-electron chi connectivity index (χ0n) is 11.3. The summed E-state index contributed by atoms with van der Waals surface area (Å²) in [5.41, 5.74) is 1.61. The minimum atomic E-state index is -3.69. The van der Waals surface area contributed by atoms with Crippen LogP contribution in [0, 0.1) is 0 Å². The van der Waals surface area contributed by atoms with Gasteiger partial charge in [0.1, 0.15) is 12.7 Å². The third-order valence-corrected chi connectivity index (χ3v) is 3.88. The zero-order valence-corrected chi connectivity index (χ0v) is 12.1. The number of benzene rings is 1. The van der Waals surface area contributed by atoms with Gasteiger partial charge in [-0.1, -0.05) is 0 Å². The second kappa shape index (κ2) is 5.54. The first-order valence-electron chi connectivity index (χ1n) is 6.23. The van der Waals surface area contributed by atoms with E-state index in [-0.39, 0.29) is 4.90 Å². The smallest absolute Gasteiger partial charge is 0.238 e. The van der Waals surface area contributed by atoms with Crippen LogP contribution in [0.15, 0.2) is 65.2 Å². The highest BCUT2D eigenvalue weighted by atomic mass is 32.2. The largest absolute Gasteiger partial charge is 0.316 e. The van der Waals surface area contributed by atoms with Gasteiger partial charge in [-0.15, -0.1) is 10.2 Å². The van der Waals surface area contributed by atoms with Crippen LogP contribution in [0.25, 0.3) is 5.69 Å². The summed E-state index contributed by atoms with van der Waals surface area (Å²) < 4.78 is 25.9. The lowest BCUT2D eigenvalue weighted by Gasteiger charge is -2.07. The summed E-state index contributed by atoms with van der Waals surface area (Å²) in [5.74, 6) is 0. The third-order valence-electron chi connectivity index (χ3n) is 2.95. The zero-order chi connectivity index (χ0) is 15.6. The first-order chi connectivity index (χ1) is 10.5. The molecule has 22 heavy (non-hydrogen) atoms. The van der Waals surface area contributed by atoms with Crippen molar-refractivity contribution in [3.63, 3.8) is 0 Å². The van der Waals surface area contributed by atoms with Crippen LogP contribution in [0.4, 0.5) is 0 Å². The Morgan fingerprint density at radius 3 is 2.41 bits per heavy atom. The van der Waals surface area contributed by atoms with E-state index < -0.39 is 10.0 Å². The normalized spacial score (nSPS) is 12.0. The highest BCUT2D eigenvalue weighted by molar-refractivity contribution is 7.89. The Balaban J connectivity index is 1.92. The topological polar surface area (TPSA) is 108 Å². The summed E-state index contributed by atoms with van der Waals surface area (Å²) in [7, 11) is -3.69. The Hall–Kier alpha value is -2.78. The molecule has 1 aromatic carbocycles. The number of sulfonamides is 1. The van der Waals surface area contributed by atoms with Crippen molar-refractivity contribution in [2.75, 3.05) is 0 Å². The fourth-order valence-corrected chi connectivity index (χ4v) is 2.43. The number of hydrogen-bond acceptors (Lipinski definition) is 5. The van der Waals surface area contributed by atoms with Crippen molar-refractivity contribution >= 4 is 16.2 Å². The van der Waals surface area contributed by atoms with Crippen LogP contribution in [0.3, 0.4) is 0 Å². The van der Waals surface area contributed by atoms with Gasteiger partial charge in [-0.2, -0.15) is 5.10 Å². The molecule has 0 bridgehead atoms. The second-order valence-electron chi connectivity index (χ2n) is 4.43. The van der Waals surface area contributed by atoms with Gasteiger partial charge in [-0.3, -0.25) is 0 Å². The fourth-order valence-electron chi connectivity index (χ4n) is 1.91. The van der Waals surface area contributed by atoms with Gasteiger partial charge >= 0.3 is 0 Å². The first kappa shape index (κ1) is 14.2. The van der Waals surface area contributed by atoms with E-state index >= 15 is 0 Å². The van der Waals surface area contributed by atoms with Crippen LogP contribution in [0.2, 0.25) is 0 Å². The van der Waals surface area contributed by atoms with E-state index in [4.69, 9.17) is 5.14 Å². The average Bonchev–Trinajstić information content (AvgIpc) is 3.16.